The zero-order chi connectivity index (χ0) is 21.8. The van der Waals surface area contributed by atoms with Crippen molar-refractivity contribution in [3.8, 4) is 0 Å². The molecule has 2 aliphatic heterocycles. The van der Waals surface area contributed by atoms with Crippen LogP contribution in [0.5, 0.6) is 0 Å². The molecule has 2 N–H and O–H groups in total. The van der Waals surface area contributed by atoms with Crippen LogP contribution < -0.4 is 10.6 Å². The van der Waals surface area contributed by atoms with Gasteiger partial charge in [0.25, 0.3) is 10.0 Å². The summed E-state index contributed by atoms with van der Waals surface area (Å²) in [5.41, 5.74) is 8.83. The number of benzene rings is 2. The van der Waals surface area contributed by atoms with Crippen LogP contribution in [0, 0.1) is 0 Å². The minimum atomic E-state index is -3.83. The highest BCUT2D eigenvalue weighted by Crippen LogP contribution is 2.37. The number of aromatic nitrogens is 1. The fourth-order valence-corrected chi connectivity index (χ4v) is 5.96. The number of hydrogen-bond acceptors (Lipinski definition) is 5. The van der Waals surface area contributed by atoms with Crippen molar-refractivity contribution in [3.05, 3.63) is 76.9 Å². The van der Waals surface area contributed by atoms with Crippen molar-refractivity contribution in [2.75, 3.05) is 18.0 Å². The Morgan fingerprint density at radius 1 is 1.13 bits per heavy atom. The van der Waals surface area contributed by atoms with E-state index in [-0.39, 0.29) is 17.4 Å². The van der Waals surface area contributed by atoms with E-state index < -0.39 is 16.1 Å². The van der Waals surface area contributed by atoms with Gasteiger partial charge < -0.3 is 15.2 Å². The third-order valence-corrected chi connectivity index (χ3v) is 7.98. The van der Waals surface area contributed by atoms with Gasteiger partial charge in [-0.25, -0.2) is 17.7 Å². The predicted octanol–water partition coefficient (Wildman–Crippen LogP) is 3.43. The summed E-state index contributed by atoms with van der Waals surface area (Å²) in [7, 11) is -1.83. The topological polar surface area (TPSA) is 83.9 Å². The normalized spacial score (nSPS) is 18.4. The number of fused-ring (bicyclic) bond motifs is 1. The second kappa shape index (κ2) is 7.32. The molecule has 3 heterocycles. The number of hydrogen-bond donors (Lipinski definition) is 1. The van der Waals surface area contributed by atoms with E-state index in [1.807, 2.05) is 43.6 Å². The van der Waals surface area contributed by atoms with Crippen molar-refractivity contribution in [1.82, 2.24) is 8.87 Å². The molecule has 2 aromatic carbocycles. The summed E-state index contributed by atoms with van der Waals surface area (Å²) in [6, 6.07) is 16.2. The molecule has 0 bridgehead atoms. The summed E-state index contributed by atoms with van der Waals surface area (Å²) in [6.45, 7) is 0.934. The van der Waals surface area contributed by atoms with E-state index in [0.29, 0.717) is 5.02 Å². The smallest absolute Gasteiger partial charge is 0.266 e. The van der Waals surface area contributed by atoms with Gasteiger partial charge in [0.05, 0.1) is 17.5 Å². The van der Waals surface area contributed by atoms with Crippen molar-refractivity contribution in [1.29, 1.82) is 0 Å². The first-order valence-electron chi connectivity index (χ1n) is 9.98. The van der Waals surface area contributed by atoms with E-state index >= 15 is 0 Å². The minimum absolute atomic E-state index is 0.0177. The van der Waals surface area contributed by atoms with Crippen molar-refractivity contribution < 1.29 is 8.42 Å². The van der Waals surface area contributed by atoms with Crippen LogP contribution in [0.4, 0.5) is 11.5 Å². The van der Waals surface area contributed by atoms with Crippen LogP contribution in [-0.4, -0.2) is 36.3 Å². The van der Waals surface area contributed by atoms with Gasteiger partial charge in [-0.1, -0.05) is 29.8 Å². The Kier molecular flexibility index (Phi) is 4.71. The molecule has 0 spiro atoms. The van der Waals surface area contributed by atoms with Gasteiger partial charge >= 0.3 is 0 Å². The van der Waals surface area contributed by atoms with Gasteiger partial charge in [0.2, 0.25) is 5.96 Å². The summed E-state index contributed by atoms with van der Waals surface area (Å²) < 4.78 is 30.0. The summed E-state index contributed by atoms with van der Waals surface area (Å²) in [6.07, 6.45) is 2.77. The average molecular weight is 456 g/mol. The van der Waals surface area contributed by atoms with Crippen molar-refractivity contribution in [3.63, 3.8) is 0 Å². The van der Waals surface area contributed by atoms with Gasteiger partial charge in [-0.3, -0.25) is 0 Å². The second-order valence-electron chi connectivity index (χ2n) is 7.73. The number of aryl methyl sites for hydroxylation is 1. The molecule has 7 nitrogen and oxygen atoms in total. The van der Waals surface area contributed by atoms with Crippen LogP contribution in [0.1, 0.15) is 17.2 Å². The number of aliphatic imine (C=N–C) groups is 1. The van der Waals surface area contributed by atoms with Crippen molar-refractivity contribution in [2.45, 2.75) is 17.4 Å². The Labute approximate surface area is 186 Å². The number of nitrogens with zero attached hydrogens (tertiary/aromatic N) is 4. The maximum atomic E-state index is 13.4. The fourth-order valence-electron chi connectivity index (χ4n) is 4.29. The lowest BCUT2D eigenvalue weighted by molar-refractivity contribution is 0.518. The molecule has 5 rings (SSSR count). The van der Waals surface area contributed by atoms with E-state index in [2.05, 4.69) is 20.5 Å². The number of rotatable bonds is 4. The molecule has 0 fully saturated rings. The quantitative estimate of drug-likeness (QED) is 0.653. The van der Waals surface area contributed by atoms with Crippen LogP contribution in [0.25, 0.3) is 0 Å². The minimum Gasteiger partial charge on any atom is -0.369 e. The summed E-state index contributed by atoms with van der Waals surface area (Å²) in [5, 5.41) is 0.543. The van der Waals surface area contributed by atoms with Crippen LogP contribution in [-0.2, 0) is 23.5 Å². The molecular weight excluding hydrogens is 434 g/mol. The predicted molar refractivity (Wildman–Crippen MR) is 122 cm³/mol. The van der Waals surface area contributed by atoms with E-state index in [0.717, 1.165) is 35.6 Å². The van der Waals surface area contributed by atoms with Crippen LogP contribution >= 0.6 is 11.6 Å². The average Bonchev–Trinajstić information content (AvgIpc) is 3.46. The van der Waals surface area contributed by atoms with Gasteiger partial charge in [-0.05, 0) is 53.9 Å². The van der Waals surface area contributed by atoms with Gasteiger partial charge in [0.1, 0.15) is 5.82 Å². The Morgan fingerprint density at radius 2 is 1.94 bits per heavy atom. The summed E-state index contributed by atoms with van der Waals surface area (Å²) >= 11 is 6.28. The van der Waals surface area contributed by atoms with Gasteiger partial charge in [0, 0.05) is 30.5 Å². The zero-order valence-electron chi connectivity index (χ0n) is 16.9. The molecule has 9 heteroatoms. The lowest BCUT2D eigenvalue weighted by atomic mass is 10.1. The van der Waals surface area contributed by atoms with Gasteiger partial charge in [-0.15, -0.1) is 0 Å². The van der Waals surface area contributed by atoms with Crippen LogP contribution in [0.2, 0.25) is 5.02 Å². The van der Waals surface area contributed by atoms with Crippen LogP contribution in [0.3, 0.4) is 0 Å². The third-order valence-electron chi connectivity index (χ3n) is 5.87. The van der Waals surface area contributed by atoms with Crippen LogP contribution in [0.15, 0.2) is 70.7 Å². The first kappa shape index (κ1) is 20.0. The highest BCUT2D eigenvalue weighted by atomic mass is 35.5. The van der Waals surface area contributed by atoms with Gasteiger partial charge in [-0.2, -0.15) is 0 Å². The molecule has 2 aliphatic rings. The molecule has 1 unspecified atom stereocenters. The molecule has 31 heavy (non-hydrogen) atoms. The van der Waals surface area contributed by atoms with E-state index in [4.69, 9.17) is 17.3 Å². The first-order valence-corrected chi connectivity index (χ1v) is 11.8. The summed E-state index contributed by atoms with van der Waals surface area (Å²) in [5.74, 6) is 1.06. The lowest BCUT2D eigenvalue weighted by Crippen LogP contribution is -2.39. The Morgan fingerprint density at radius 3 is 2.68 bits per heavy atom. The maximum Gasteiger partial charge on any atom is 0.266 e. The van der Waals surface area contributed by atoms with Gasteiger partial charge in [0.15, 0.2) is 0 Å². The standard InChI is InChI=1S/C22H22ClN5O2S/c1-26-11-4-7-21(26)27-12-10-15-13-16(8-9-20(15)27)31(29,30)28-14-19(25-22(28)24)17-5-2-3-6-18(17)23/h2-9,11,13,19H,10,12,14H2,1H3,(H2,24,25). The molecule has 0 aliphatic carbocycles. The monoisotopic (exact) mass is 455 g/mol. The number of halogens is 1. The fraction of sp³-hybridized carbons (Fsp3) is 0.227. The Bertz CT molecular complexity index is 1300. The number of guanidine groups is 1. The van der Waals surface area contributed by atoms with E-state index in [9.17, 15) is 8.42 Å². The number of anilines is 2. The van der Waals surface area contributed by atoms with E-state index in [1.54, 1.807) is 18.2 Å². The Balaban J connectivity index is 1.44. The summed E-state index contributed by atoms with van der Waals surface area (Å²) in [4.78, 5) is 6.79. The molecule has 0 saturated heterocycles. The molecular formula is C22H22ClN5O2S. The van der Waals surface area contributed by atoms with E-state index in [1.165, 1.54) is 4.31 Å². The lowest BCUT2D eigenvalue weighted by Gasteiger charge is -2.21. The zero-order valence-corrected chi connectivity index (χ0v) is 18.5. The van der Waals surface area contributed by atoms with Crippen molar-refractivity contribution >= 4 is 39.1 Å². The highest BCUT2D eigenvalue weighted by Gasteiger charge is 2.36. The number of nitrogens with two attached hydrogens (primary N) is 1. The molecule has 1 aromatic heterocycles. The van der Waals surface area contributed by atoms with Crippen molar-refractivity contribution in [2.24, 2.45) is 17.8 Å². The molecule has 0 amide bonds. The third kappa shape index (κ3) is 3.26. The molecule has 0 saturated carbocycles. The Hall–Kier alpha value is -2.97. The molecule has 1 atom stereocenters. The number of sulfonamides is 1. The molecule has 0 radical (unpaired) electrons. The SMILES string of the molecule is Cn1cccc1N1CCc2cc(S(=O)(=O)N3CC(c4ccccc4Cl)N=C3N)ccc21. The molecule has 160 valence electrons. The highest BCUT2D eigenvalue weighted by molar-refractivity contribution is 7.89. The first-order chi connectivity index (χ1) is 14.9. The second-order valence-corrected chi connectivity index (χ2v) is 10.00. The molecule has 3 aromatic rings. The largest absolute Gasteiger partial charge is 0.369 e. The maximum absolute atomic E-state index is 13.4.